The van der Waals surface area contributed by atoms with Gasteiger partial charge in [0.05, 0.1) is 25.9 Å². The molecule has 7 heteroatoms. The molecule has 0 spiro atoms. The third-order valence-electron chi connectivity index (χ3n) is 5.23. The van der Waals surface area contributed by atoms with Crippen LogP contribution in [0.25, 0.3) is 0 Å². The number of aryl methyl sites for hydroxylation is 1. The molecule has 0 bridgehead atoms. The molecule has 0 fully saturated rings. The second kappa shape index (κ2) is 16.5. The second-order valence-electron chi connectivity index (χ2n) is 7.85. The molecule has 0 aliphatic heterocycles. The molecule has 0 radical (unpaired) electrons. The number of unbranched alkanes of at least 4 members (excludes halogenated alkanes) is 6. The predicted molar refractivity (Wildman–Crippen MR) is 120 cm³/mol. The molecule has 186 valence electrons. The van der Waals surface area contributed by atoms with Gasteiger partial charge >= 0.3 is 6.16 Å². The largest absolute Gasteiger partial charge is 0.412 e. The van der Waals surface area contributed by atoms with E-state index < -0.39 is 23.6 Å². The minimum Gasteiger partial charge on any atom is -0.304 e. The molecule has 0 N–H and O–H groups in total. The topological polar surface area (TPSA) is 36.9 Å². The zero-order valence-corrected chi connectivity index (χ0v) is 20.2. The van der Waals surface area contributed by atoms with Gasteiger partial charge in [0.2, 0.25) is 0 Å². The lowest BCUT2D eigenvalue weighted by Crippen LogP contribution is -2.45. The van der Waals surface area contributed by atoms with E-state index in [9.17, 15) is 13.2 Å². The number of benzene rings is 1. The summed E-state index contributed by atoms with van der Waals surface area (Å²) in [6, 6.07) is 1.50. The van der Waals surface area contributed by atoms with E-state index >= 15 is 0 Å². The van der Waals surface area contributed by atoms with Crippen molar-refractivity contribution in [2.45, 2.75) is 104 Å². The molecule has 32 heavy (non-hydrogen) atoms. The molecule has 0 saturated carbocycles. The molecule has 1 atom stereocenters. The van der Waals surface area contributed by atoms with Crippen LogP contribution >= 0.6 is 0 Å². The Labute approximate surface area is 191 Å². The van der Waals surface area contributed by atoms with Gasteiger partial charge in [0.1, 0.15) is 5.82 Å². The number of rotatable bonds is 19. The van der Waals surface area contributed by atoms with Gasteiger partial charge in [-0.05, 0) is 51.7 Å². The average Bonchev–Trinajstić information content (AvgIpc) is 2.75. The van der Waals surface area contributed by atoms with Crippen LogP contribution in [0.5, 0.6) is 0 Å². The Hall–Kier alpha value is -1.15. The molecule has 1 aromatic rings. The smallest absolute Gasteiger partial charge is 0.304 e. The van der Waals surface area contributed by atoms with Crippen molar-refractivity contribution in [3.63, 3.8) is 0 Å². The van der Waals surface area contributed by atoms with Gasteiger partial charge in [-0.3, -0.25) is 4.74 Å². The van der Waals surface area contributed by atoms with Crippen molar-refractivity contribution >= 4 is 0 Å². The summed E-state index contributed by atoms with van der Waals surface area (Å²) < 4.78 is 64.2. The first-order chi connectivity index (χ1) is 15.4. The fourth-order valence-corrected chi connectivity index (χ4v) is 3.62. The van der Waals surface area contributed by atoms with Gasteiger partial charge in [-0.15, -0.1) is 0 Å². The zero-order valence-electron chi connectivity index (χ0n) is 20.2. The van der Waals surface area contributed by atoms with Crippen LogP contribution in [0.3, 0.4) is 0 Å². The summed E-state index contributed by atoms with van der Waals surface area (Å²) in [5, 5.41) is 0. The van der Waals surface area contributed by atoms with Crippen LogP contribution in [0.2, 0.25) is 0 Å². The van der Waals surface area contributed by atoms with E-state index in [1.807, 2.05) is 20.8 Å². The molecule has 0 saturated heterocycles. The van der Waals surface area contributed by atoms with Crippen LogP contribution in [0.4, 0.5) is 13.2 Å². The van der Waals surface area contributed by atoms with Gasteiger partial charge in [0, 0.05) is 6.07 Å². The van der Waals surface area contributed by atoms with E-state index in [0.717, 1.165) is 25.3 Å². The van der Waals surface area contributed by atoms with Crippen molar-refractivity contribution in [3.8, 4) is 0 Å². The second-order valence-corrected chi connectivity index (χ2v) is 7.85. The maximum absolute atomic E-state index is 14.1. The third kappa shape index (κ3) is 10.6. The molecule has 1 unspecified atom stereocenters. The van der Waals surface area contributed by atoms with Crippen LogP contribution < -0.4 is 0 Å². The van der Waals surface area contributed by atoms with Crippen molar-refractivity contribution in [1.29, 1.82) is 0 Å². The number of halogens is 3. The summed E-state index contributed by atoms with van der Waals surface area (Å²) in [5.74, 6) is -3.01. The molecule has 1 aromatic carbocycles. The van der Waals surface area contributed by atoms with Gasteiger partial charge in [0.25, 0.3) is 0 Å². The minimum atomic E-state index is -1.63. The van der Waals surface area contributed by atoms with Crippen LogP contribution in [0, 0.1) is 17.5 Å². The lowest BCUT2D eigenvalue weighted by Gasteiger charge is -2.34. The number of hydrogen-bond donors (Lipinski definition) is 0. The van der Waals surface area contributed by atoms with Gasteiger partial charge < -0.3 is 14.2 Å². The lowest BCUT2D eigenvalue weighted by atomic mass is 10.0. The van der Waals surface area contributed by atoms with E-state index in [0.29, 0.717) is 38.7 Å². The molecule has 0 heterocycles. The molecule has 4 nitrogen and oxygen atoms in total. The fourth-order valence-electron chi connectivity index (χ4n) is 3.62. The maximum Gasteiger partial charge on any atom is 0.412 e. The predicted octanol–water partition coefficient (Wildman–Crippen LogP) is 7.28. The minimum absolute atomic E-state index is 0.117. The highest BCUT2D eigenvalue weighted by Gasteiger charge is 2.37. The average molecular weight is 463 g/mol. The Kier molecular flexibility index (Phi) is 14.9. The zero-order chi connectivity index (χ0) is 23.8. The maximum atomic E-state index is 14.1. The Morgan fingerprint density at radius 1 is 0.688 bits per heavy atom. The van der Waals surface area contributed by atoms with Crippen LogP contribution in [0.1, 0.15) is 91.0 Å². The summed E-state index contributed by atoms with van der Waals surface area (Å²) in [6.45, 7) is 8.61. The first-order valence-electron chi connectivity index (χ1n) is 12.1. The summed E-state index contributed by atoms with van der Waals surface area (Å²) >= 11 is 0. The Bertz CT molecular complexity index is 610. The van der Waals surface area contributed by atoms with Crippen molar-refractivity contribution in [3.05, 3.63) is 35.1 Å². The summed E-state index contributed by atoms with van der Waals surface area (Å²) in [5.41, 5.74) is 0.117. The molecule has 0 amide bonds. The van der Waals surface area contributed by atoms with Gasteiger partial charge in [-0.2, -0.15) is 0 Å². The molecule has 0 aromatic heterocycles. The van der Waals surface area contributed by atoms with E-state index in [2.05, 4.69) is 6.92 Å². The molecular formula is C25H41F3O4. The van der Waals surface area contributed by atoms with Crippen LogP contribution in [-0.2, 0) is 25.4 Å². The van der Waals surface area contributed by atoms with Crippen molar-refractivity contribution in [2.75, 3.05) is 19.8 Å². The molecule has 0 aliphatic rings. The number of ether oxygens (including phenoxy) is 4. The van der Waals surface area contributed by atoms with Gasteiger partial charge in [-0.25, -0.2) is 13.2 Å². The van der Waals surface area contributed by atoms with E-state index in [1.54, 1.807) is 0 Å². The molecular weight excluding hydrogens is 421 g/mol. The first-order valence-corrected chi connectivity index (χ1v) is 12.1. The number of hydrogen-bond acceptors (Lipinski definition) is 4. The first kappa shape index (κ1) is 28.9. The fraction of sp³-hybridized carbons (Fsp3) is 0.760. The quantitative estimate of drug-likeness (QED) is 0.123. The Morgan fingerprint density at radius 3 is 1.78 bits per heavy atom. The Balaban J connectivity index is 2.83. The SMILES string of the molecule is CCCCCCCCCC(CCc1cc(F)c(F)cc1F)OC(OCC)(OCC)OCC. The monoisotopic (exact) mass is 462 g/mol. The summed E-state index contributed by atoms with van der Waals surface area (Å²) in [6.07, 6.45) is 7.37. The van der Waals surface area contributed by atoms with E-state index in [1.165, 1.54) is 25.7 Å². The van der Waals surface area contributed by atoms with Crippen molar-refractivity contribution < 1.29 is 32.1 Å². The molecule has 0 aliphatic carbocycles. The standard InChI is InChI=1S/C25H41F3O4/c1-5-9-10-11-12-13-14-15-21(32-25(29-6-2,30-7-3)31-8-4)17-16-20-18-23(27)24(28)19-22(20)26/h18-19,21H,5-17H2,1-4H3. The highest BCUT2D eigenvalue weighted by molar-refractivity contribution is 5.20. The van der Waals surface area contributed by atoms with Gasteiger partial charge in [-0.1, -0.05) is 51.9 Å². The highest BCUT2D eigenvalue weighted by atomic mass is 19.2. The van der Waals surface area contributed by atoms with Crippen molar-refractivity contribution in [2.24, 2.45) is 0 Å². The van der Waals surface area contributed by atoms with Crippen molar-refractivity contribution in [1.82, 2.24) is 0 Å². The van der Waals surface area contributed by atoms with Crippen LogP contribution in [-0.4, -0.2) is 32.1 Å². The van der Waals surface area contributed by atoms with Gasteiger partial charge in [0.15, 0.2) is 11.6 Å². The lowest BCUT2D eigenvalue weighted by molar-refractivity contribution is -0.506. The van der Waals surface area contributed by atoms with E-state index in [4.69, 9.17) is 18.9 Å². The van der Waals surface area contributed by atoms with Crippen LogP contribution in [0.15, 0.2) is 12.1 Å². The Morgan fingerprint density at radius 2 is 1.22 bits per heavy atom. The normalized spacial score (nSPS) is 13.0. The third-order valence-corrected chi connectivity index (χ3v) is 5.23. The summed E-state index contributed by atoms with van der Waals surface area (Å²) in [4.78, 5) is 0. The van der Waals surface area contributed by atoms with E-state index in [-0.39, 0.29) is 18.1 Å². The molecule has 1 rings (SSSR count). The summed E-state index contributed by atoms with van der Waals surface area (Å²) in [7, 11) is 0. The highest BCUT2D eigenvalue weighted by Crippen LogP contribution is 2.26.